The van der Waals surface area contributed by atoms with E-state index in [4.69, 9.17) is 9.47 Å². The lowest BCUT2D eigenvalue weighted by atomic mass is 9.99. The highest BCUT2D eigenvalue weighted by Crippen LogP contribution is 2.30. The van der Waals surface area contributed by atoms with Crippen LogP contribution in [-0.4, -0.2) is 24.3 Å². The van der Waals surface area contributed by atoms with Crippen LogP contribution < -0.4 is 9.47 Å². The highest BCUT2D eigenvalue weighted by molar-refractivity contribution is 5.96. The van der Waals surface area contributed by atoms with Crippen molar-refractivity contribution in [3.63, 3.8) is 0 Å². The molecule has 0 aliphatic heterocycles. The van der Waals surface area contributed by atoms with Crippen LogP contribution in [0, 0.1) is 0 Å². The number of unbranched alkanes of at least 4 members (excludes halogenated alkanes) is 7. The summed E-state index contributed by atoms with van der Waals surface area (Å²) in [6, 6.07) is 12.8. The number of benzene rings is 2. The molecule has 2 aromatic rings. The molecule has 1 N–H and O–H groups in total. The van der Waals surface area contributed by atoms with Gasteiger partial charge in [0.15, 0.2) is 0 Å². The van der Waals surface area contributed by atoms with Crippen LogP contribution in [0.1, 0.15) is 82.0 Å². The largest absolute Gasteiger partial charge is 0.494 e. The second kappa shape index (κ2) is 13.7. The summed E-state index contributed by atoms with van der Waals surface area (Å²) in [6.45, 7) is 5.74. The molecule has 0 bridgehead atoms. The van der Waals surface area contributed by atoms with Gasteiger partial charge in [-0.1, -0.05) is 70.9 Å². The SMILES string of the molecule is CCCCCCCCOc1ccc(C(=O)O)c(-c2ccc(OCCCCC)cc2)c1. The first-order chi connectivity index (χ1) is 14.7. The second-order valence-electron chi connectivity index (χ2n) is 7.71. The van der Waals surface area contributed by atoms with Crippen molar-refractivity contribution in [2.75, 3.05) is 13.2 Å². The third-order valence-corrected chi connectivity index (χ3v) is 5.17. The van der Waals surface area contributed by atoms with E-state index in [1.54, 1.807) is 12.1 Å². The van der Waals surface area contributed by atoms with E-state index in [9.17, 15) is 9.90 Å². The van der Waals surface area contributed by atoms with Crippen LogP contribution in [0.25, 0.3) is 11.1 Å². The highest BCUT2D eigenvalue weighted by atomic mass is 16.5. The van der Waals surface area contributed by atoms with Gasteiger partial charge in [-0.25, -0.2) is 4.79 Å². The molecule has 0 atom stereocenters. The third kappa shape index (κ3) is 8.10. The quantitative estimate of drug-likeness (QED) is 0.310. The Hall–Kier alpha value is -2.49. The minimum absolute atomic E-state index is 0.276. The van der Waals surface area contributed by atoms with Crippen LogP contribution in [-0.2, 0) is 0 Å². The van der Waals surface area contributed by atoms with E-state index in [2.05, 4.69) is 13.8 Å². The average Bonchev–Trinajstić information content (AvgIpc) is 2.76. The van der Waals surface area contributed by atoms with E-state index in [0.29, 0.717) is 24.5 Å². The van der Waals surface area contributed by atoms with Crippen molar-refractivity contribution in [3.8, 4) is 22.6 Å². The van der Waals surface area contributed by atoms with Gasteiger partial charge in [0.2, 0.25) is 0 Å². The van der Waals surface area contributed by atoms with E-state index in [0.717, 1.165) is 37.0 Å². The second-order valence-corrected chi connectivity index (χ2v) is 7.71. The van der Waals surface area contributed by atoms with Crippen molar-refractivity contribution in [2.45, 2.75) is 71.6 Å². The van der Waals surface area contributed by atoms with Gasteiger partial charge in [0.05, 0.1) is 18.8 Å². The fourth-order valence-corrected chi connectivity index (χ4v) is 3.38. The summed E-state index contributed by atoms with van der Waals surface area (Å²) in [5, 5.41) is 9.59. The van der Waals surface area contributed by atoms with Gasteiger partial charge < -0.3 is 14.6 Å². The van der Waals surface area contributed by atoms with E-state index in [1.165, 1.54) is 32.1 Å². The lowest BCUT2D eigenvalue weighted by molar-refractivity contribution is 0.0697. The van der Waals surface area contributed by atoms with Crippen molar-refractivity contribution < 1.29 is 19.4 Å². The molecule has 0 spiro atoms. The molecule has 0 saturated carbocycles. The Balaban J connectivity index is 1.99. The molecule has 0 amide bonds. The van der Waals surface area contributed by atoms with Gasteiger partial charge in [-0.2, -0.15) is 0 Å². The Morgan fingerprint density at radius 1 is 0.733 bits per heavy atom. The third-order valence-electron chi connectivity index (χ3n) is 5.17. The molecular weight excluding hydrogens is 376 g/mol. The summed E-state index contributed by atoms with van der Waals surface area (Å²) < 4.78 is 11.7. The minimum atomic E-state index is -0.938. The molecule has 0 radical (unpaired) electrons. The van der Waals surface area contributed by atoms with E-state index >= 15 is 0 Å². The zero-order chi connectivity index (χ0) is 21.6. The topological polar surface area (TPSA) is 55.8 Å². The number of hydrogen-bond acceptors (Lipinski definition) is 3. The molecule has 164 valence electrons. The summed E-state index contributed by atoms with van der Waals surface area (Å²) in [4.78, 5) is 11.7. The average molecular weight is 413 g/mol. The maximum Gasteiger partial charge on any atom is 0.336 e. The number of carboxylic acids is 1. The molecule has 0 fully saturated rings. The van der Waals surface area contributed by atoms with Crippen LogP contribution in [0.4, 0.5) is 0 Å². The van der Waals surface area contributed by atoms with Crippen molar-refractivity contribution in [1.29, 1.82) is 0 Å². The maximum absolute atomic E-state index is 11.7. The molecule has 0 aliphatic carbocycles. The molecule has 0 heterocycles. The molecule has 4 heteroatoms. The van der Waals surface area contributed by atoms with Crippen molar-refractivity contribution in [1.82, 2.24) is 0 Å². The van der Waals surface area contributed by atoms with Crippen molar-refractivity contribution in [2.24, 2.45) is 0 Å². The molecule has 0 unspecified atom stereocenters. The zero-order valence-corrected chi connectivity index (χ0v) is 18.5. The van der Waals surface area contributed by atoms with Crippen molar-refractivity contribution >= 4 is 5.97 Å². The van der Waals surface area contributed by atoms with Gasteiger partial charge in [0.25, 0.3) is 0 Å². The lowest BCUT2D eigenvalue weighted by Gasteiger charge is -2.12. The fraction of sp³-hybridized carbons (Fsp3) is 0.500. The monoisotopic (exact) mass is 412 g/mol. The van der Waals surface area contributed by atoms with E-state index < -0.39 is 5.97 Å². The van der Waals surface area contributed by atoms with Gasteiger partial charge >= 0.3 is 5.97 Å². The maximum atomic E-state index is 11.7. The number of carboxylic acid groups (broad SMARTS) is 1. The number of aromatic carboxylic acids is 1. The van der Waals surface area contributed by atoms with Gasteiger partial charge in [-0.05, 0) is 54.3 Å². The van der Waals surface area contributed by atoms with Gasteiger partial charge in [0.1, 0.15) is 11.5 Å². The van der Waals surface area contributed by atoms with Crippen LogP contribution >= 0.6 is 0 Å². The molecule has 2 rings (SSSR count). The lowest BCUT2D eigenvalue weighted by Crippen LogP contribution is -2.02. The molecule has 0 aromatic heterocycles. The fourth-order valence-electron chi connectivity index (χ4n) is 3.38. The number of carbonyl (C=O) groups is 1. The van der Waals surface area contributed by atoms with Gasteiger partial charge in [-0.15, -0.1) is 0 Å². The Morgan fingerprint density at radius 3 is 1.93 bits per heavy atom. The minimum Gasteiger partial charge on any atom is -0.494 e. The van der Waals surface area contributed by atoms with Gasteiger partial charge in [0, 0.05) is 0 Å². The highest BCUT2D eigenvalue weighted by Gasteiger charge is 2.13. The molecule has 30 heavy (non-hydrogen) atoms. The standard InChI is InChI=1S/C26H36O4/c1-3-5-7-8-9-11-19-30-23-16-17-24(26(27)28)25(20-23)21-12-14-22(15-13-21)29-18-10-6-4-2/h12-17,20H,3-11,18-19H2,1-2H3,(H,27,28). The first-order valence-corrected chi connectivity index (χ1v) is 11.4. The summed E-state index contributed by atoms with van der Waals surface area (Å²) in [6.07, 6.45) is 10.6. The first kappa shape index (κ1) is 23.8. The molecular formula is C26H36O4. The smallest absolute Gasteiger partial charge is 0.336 e. The van der Waals surface area contributed by atoms with E-state index in [1.807, 2.05) is 30.3 Å². The van der Waals surface area contributed by atoms with Crippen LogP contribution in [0.5, 0.6) is 11.5 Å². The van der Waals surface area contributed by atoms with Crippen LogP contribution in [0.2, 0.25) is 0 Å². The Morgan fingerprint density at radius 2 is 1.27 bits per heavy atom. The Kier molecular flexibility index (Phi) is 10.8. The van der Waals surface area contributed by atoms with Crippen LogP contribution in [0.15, 0.2) is 42.5 Å². The Labute approximate surface area is 181 Å². The number of ether oxygens (including phenoxy) is 2. The summed E-state index contributed by atoms with van der Waals surface area (Å²) in [7, 11) is 0. The van der Waals surface area contributed by atoms with E-state index in [-0.39, 0.29) is 5.56 Å². The Bertz CT molecular complexity index is 752. The summed E-state index contributed by atoms with van der Waals surface area (Å²) >= 11 is 0. The number of rotatable bonds is 15. The molecule has 2 aromatic carbocycles. The summed E-state index contributed by atoms with van der Waals surface area (Å²) in [5.74, 6) is 0.582. The first-order valence-electron chi connectivity index (χ1n) is 11.4. The number of hydrogen-bond donors (Lipinski definition) is 1. The normalized spacial score (nSPS) is 10.7. The van der Waals surface area contributed by atoms with Gasteiger partial charge in [-0.3, -0.25) is 0 Å². The molecule has 0 saturated heterocycles. The molecule has 0 aliphatic rings. The molecule has 4 nitrogen and oxygen atoms in total. The zero-order valence-electron chi connectivity index (χ0n) is 18.5. The summed E-state index contributed by atoms with van der Waals surface area (Å²) in [5.41, 5.74) is 1.79. The van der Waals surface area contributed by atoms with Crippen molar-refractivity contribution in [3.05, 3.63) is 48.0 Å². The van der Waals surface area contributed by atoms with Crippen LogP contribution in [0.3, 0.4) is 0 Å². The predicted octanol–water partition coefficient (Wildman–Crippen LogP) is 7.36. The predicted molar refractivity (Wildman–Crippen MR) is 123 cm³/mol.